The standard InChI is InChI=1S/C9H12O.C2H6O/c10-8-4-7-9-5-2-1-3-6-9;1-2-3/h1-3,5-6,10H,4,7-8H2;3H,2H2,1H3. The average molecular weight is 182 g/mol. The van der Waals surface area contributed by atoms with Crippen molar-refractivity contribution in [3.63, 3.8) is 0 Å². The largest absolute Gasteiger partial charge is 0.397 e. The van der Waals surface area contributed by atoms with Crippen LogP contribution in [0.15, 0.2) is 30.3 Å². The van der Waals surface area contributed by atoms with E-state index in [2.05, 4.69) is 12.1 Å². The third-order valence-corrected chi connectivity index (χ3v) is 1.47. The molecule has 0 aromatic heterocycles. The van der Waals surface area contributed by atoms with Crippen molar-refractivity contribution in [1.82, 2.24) is 0 Å². The maximum Gasteiger partial charge on any atom is 0.0434 e. The van der Waals surface area contributed by atoms with E-state index in [0.29, 0.717) is 0 Å². The molecule has 2 heteroatoms. The van der Waals surface area contributed by atoms with Crippen LogP contribution in [0, 0.1) is 0 Å². The van der Waals surface area contributed by atoms with Crippen molar-refractivity contribution >= 4 is 0 Å². The van der Waals surface area contributed by atoms with Gasteiger partial charge in [0.25, 0.3) is 0 Å². The second kappa shape index (κ2) is 9.23. The van der Waals surface area contributed by atoms with Crippen LogP contribution in [0.2, 0.25) is 0 Å². The van der Waals surface area contributed by atoms with Gasteiger partial charge in [0.05, 0.1) is 0 Å². The Hall–Kier alpha value is -0.860. The van der Waals surface area contributed by atoms with Crippen LogP contribution < -0.4 is 0 Å². The van der Waals surface area contributed by atoms with Crippen molar-refractivity contribution in [3.8, 4) is 0 Å². The van der Waals surface area contributed by atoms with Crippen molar-refractivity contribution in [1.29, 1.82) is 0 Å². The van der Waals surface area contributed by atoms with Gasteiger partial charge in [-0.05, 0) is 25.3 Å². The summed E-state index contributed by atoms with van der Waals surface area (Å²) in [5.41, 5.74) is 1.30. The number of aliphatic hydroxyl groups excluding tert-OH is 2. The summed E-state index contributed by atoms with van der Waals surface area (Å²) in [6, 6.07) is 10.2. The fourth-order valence-corrected chi connectivity index (χ4v) is 0.928. The van der Waals surface area contributed by atoms with Crippen LogP contribution in [0.5, 0.6) is 0 Å². The van der Waals surface area contributed by atoms with Crippen LogP contribution >= 0.6 is 0 Å². The number of aryl methyl sites for hydroxylation is 1. The first kappa shape index (κ1) is 12.1. The van der Waals surface area contributed by atoms with Crippen molar-refractivity contribution in [2.24, 2.45) is 0 Å². The number of hydrogen-bond acceptors (Lipinski definition) is 2. The molecule has 0 heterocycles. The Kier molecular flexibility index (Phi) is 8.62. The van der Waals surface area contributed by atoms with Crippen molar-refractivity contribution in [3.05, 3.63) is 35.9 Å². The molecule has 0 radical (unpaired) electrons. The molecule has 0 aliphatic carbocycles. The first-order valence-electron chi connectivity index (χ1n) is 4.60. The maximum atomic E-state index is 8.53. The van der Waals surface area contributed by atoms with Gasteiger partial charge >= 0.3 is 0 Å². The topological polar surface area (TPSA) is 40.5 Å². The quantitative estimate of drug-likeness (QED) is 0.745. The Bertz CT molecular complexity index is 185. The fourth-order valence-electron chi connectivity index (χ4n) is 0.928. The zero-order valence-corrected chi connectivity index (χ0v) is 8.11. The molecule has 0 aliphatic rings. The molecule has 0 unspecified atom stereocenters. The van der Waals surface area contributed by atoms with Gasteiger partial charge in [0.1, 0.15) is 0 Å². The van der Waals surface area contributed by atoms with E-state index >= 15 is 0 Å². The lowest BCUT2D eigenvalue weighted by atomic mass is 10.1. The van der Waals surface area contributed by atoms with Gasteiger partial charge in [-0.3, -0.25) is 0 Å². The highest BCUT2D eigenvalue weighted by molar-refractivity contribution is 5.14. The highest BCUT2D eigenvalue weighted by Gasteiger charge is 1.87. The molecular weight excluding hydrogens is 164 g/mol. The van der Waals surface area contributed by atoms with Gasteiger partial charge < -0.3 is 10.2 Å². The molecule has 13 heavy (non-hydrogen) atoms. The molecule has 1 rings (SSSR count). The fraction of sp³-hybridized carbons (Fsp3) is 0.455. The van der Waals surface area contributed by atoms with Crippen molar-refractivity contribution < 1.29 is 10.2 Å². The summed E-state index contributed by atoms with van der Waals surface area (Å²) in [6.07, 6.45) is 1.85. The van der Waals surface area contributed by atoms with Crippen LogP contribution in [0.25, 0.3) is 0 Å². The number of rotatable bonds is 3. The van der Waals surface area contributed by atoms with Crippen LogP contribution in [-0.4, -0.2) is 23.4 Å². The molecule has 0 atom stereocenters. The number of benzene rings is 1. The van der Waals surface area contributed by atoms with Gasteiger partial charge in [0, 0.05) is 13.2 Å². The minimum atomic E-state index is 0.250. The lowest BCUT2D eigenvalue weighted by molar-refractivity contribution is 0.288. The average Bonchev–Trinajstić information content (AvgIpc) is 2.18. The lowest BCUT2D eigenvalue weighted by Gasteiger charge is -1.96. The summed E-state index contributed by atoms with van der Waals surface area (Å²) in [5, 5.41) is 16.1. The van der Waals surface area contributed by atoms with Gasteiger partial charge in [-0.15, -0.1) is 0 Å². The van der Waals surface area contributed by atoms with E-state index in [1.165, 1.54) is 5.56 Å². The lowest BCUT2D eigenvalue weighted by Crippen LogP contribution is -1.87. The summed E-state index contributed by atoms with van der Waals surface area (Å²) in [6.45, 7) is 2.22. The van der Waals surface area contributed by atoms with E-state index in [0.717, 1.165) is 12.8 Å². The zero-order chi connectivity index (χ0) is 9.94. The smallest absolute Gasteiger partial charge is 0.0434 e. The third-order valence-electron chi connectivity index (χ3n) is 1.47. The maximum absolute atomic E-state index is 8.53. The summed E-state index contributed by atoms with van der Waals surface area (Å²) in [4.78, 5) is 0. The summed E-state index contributed by atoms with van der Waals surface area (Å²) in [7, 11) is 0. The first-order valence-corrected chi connectivity index (χ1v) is 4.60. The summed E-state index contributed by atoms with van der Waals surface area (Å²) in [5.74, 6) is 0. The van der Waals surface area contributed by atoms with Gasteiger partial charge in [0.2, 0.25) is 0 Å². The van der Waals surface area contributed by atoms with Crippen LogP contribution in [0.4, 0.5) is 0 Å². The van der Waals surface area contributed by atoms with E-state index in [1.807, 2.05) is 18.2 Å². The number of hydrogen-bond donors (Lipinski definition) is 2. The molecule has 0 saturated carbocycles. The molecule has 0 saturated heterocycles. The van der Waals surface area contributed by atoms with Crippen LogP contribution in [0.1, 0.15) is 18.9 Å². The normalized spacial score (nSPS) is 8.85. The van der Waals surface area contributed by atoms with E-state index in [1.54, 1.807) is 6.92 Å². The van der Waals surface area contributed by atoms with E-state index in [4.69, 9.17) is 10.2 Å². The molecule has 0 spiro atoms. The second-order valence-corrected chi connectivity index (χ2v) is 2.63. The molecule has 1 aromatic rings. The molecular formula is C11H18O2. The Morgan fingerprint density at radius 2 is 1.62 bits per heavy atom. The molecule has 0 bridgehead atoms. The molecule has 2 N–H and O–H groups in total. The monoisotopic (exact) mass is 182 g/mol. The highest BCUT2D eigenvalue weighted by atomic mass is 16.3. The number of aliphatic hydroxyl groups is 2. The Balaban J connectivity index is 0.000000424. The highest BCUT2D eigenvalue weighted by Crippen LogP contribution is 2.00. The SMILES string of the molecule is CCO.OCCCc1ccccc1. The zero-order valence-electron chi connectivity index (χ0n) is 8.11. The second-order valence-electron chi connectivity index (χ2n) is 2.63. The first-order chi connectivity index (χ1) is 6.35. The van der Waals surface area contributed by atoms with E-state index < -0.39 is 0 Å². The van der Waals surface area contributed by atoms with Crippen molar-refractivity contribution in [2.45, 2.75) is 19.8 Å². The van der Waals surface area contributed by atoms with Gasteiger partial charge in [-0.1, -0.05) is 30.3 Å². The Labute approximate surface area is 79.9 Å². The van der Waals surface area contributed by atoms with Crippen LogP contribution in [-0.2, 0) is 6.42 Å². The Morgan fingerprint density at radius 1 is 1.08 bits per heavy atom. The van der Waals surface area contributed by atoms with Crippen LogP contribution in [0.3, 0.4) is 0 Å². The van der Waals surface area contributed by atoms with E-state index in [9.17, 15) is 0 Å². The predicted molar refractivity (Wildman–Crippen MR) is 54.6 cm³/mol. The van der Waals surface area contributed by atoms with Gasteiger partial charge in [-0.2, -0.15) is 0 Å². The molecule has 1 aromatic carbocycles. The minimum Gasteiger partial charge on any atom is -0.397 e. The molecule has 2 nitrogen and oxygen atoms in total. The molecule has 74 valence electrons. The Morgan fingerprint density at radius 3 is 2.08 bits per heavy atom. The minimum absolute atomic E-state index is 0.250. The molecule has 0 aliphatic heterocycles. The summed E-state index contributed by atoms with van der Waals surface area (Å²) < 4.78 is 0. The van der Waals surface area contributed by atoms with Gasteiger partial charge in [-0.25, -0.2) is 0 Å². The van der Waals surface area contributed by atoms with Gasteiger partial charge in [0.15, 0.2) is 0 Å². The molecule has 0 amide bonds. The van der Waals surface area contributed by atoms with E-state index in [-0.39, 0.29) is 13.2 Å². The third kappa shape index (κ3) is 7.50. The van der Waals surface area contributed by atoms with Crippen molar-refractivity contribution in [2.75, 3.05) is 13.2 Å². The predicted octanol–water partition coefficient (Wildman–Crippen LogP) is 1.61. The summed E-state index contributed by atoms with van der Waals surface area (Å²) >= 11 is 0. The molecule has 0 fully saturated rings.